The Balaban J connectivity index is 1.60. The molecule has 6 nitrogen and oxygen atoms in total. The molecule has 0 unspecified atom stereocenters. The van der Waals surface area contributed by atoms with E-state index in [1.54, 1.807) is 18.2 Å². The smallest absolute Gasteiger partial charge is 0.317 e. The Kier molecular flexibility index (Phi) is 6.31. The van der Waals surface area contributed by atoms with Gasteiger partial charge >= 0.3 is 11.1 Å². The molecule has 1 aromatic heterocycles. The third-order valence-electron chi connectivity index (χ3n) is 5.54. The lowest BCUT2D eigenvalue weighted by Crippen LogP contribution is -2.44. The first-order valence-electron chi connectivity index (χ1n) is 10.7. The predicted octanol–water partition coefficient (Wildman–Crippen LogP) is 3.09. The summed E-state index contributed by atoms with van der Waals surface area (Å²) in [6, 6.07) is 24.7. The maximum Gasteiger partial charge on any atom is 0.317 e. The van der Waals surface area contributed by atoms with E-state index in [2.05, 4.69) is 12.2 Å². The van der Waals surface area contributed by atoms with E-state index < -0.39 is 11.1 Å². The molecule has 4 aromatic rings. The Morgan fingerprint density at radius 1 is 0.719 bits per heavy atom. The van der Waals surface area contributed by atoms with Crippen molar-refractivity contribution in [2.24, 2.45) is 0 Å². The van der Waals surface area contributed by atoms with Crippen molar-refractivity contribution in [1.82, 2.24) is 14.5 Å². The number of benzene rings is 3. The maximum absolute atomic E-state index is 12.9. The lowest BCUT2D eigenvalue weighted by molar-refractivity contribution is -0.121. The van der Waals surface area contributed by atoms with Crippen molar-refractivity contribution in [1.29, 1.82) is 0 Å². The number of amides is 1. The minimum absolute atomic E-state index is 0.214. The van der Waals surface area contributed by atoms with Crippen LogP contribution in [-0.2, 0) is 30.8 Å². The first-order chi connectivity index (χ1) is 15.6. The van der Waals surface area contributed by atoms with Gasteiger partial charge in [-0.05, 0) is 35.2 Å². The number of aromatic nitrogens is 2. The first kappa shape index (κ1) is 21.3. The number of para-hydroxylation sites is 2. The highest BCUT2D eigenvalue weighted by Gasteiger charge is 2.15. The Morgan fingerprint density at radius 3 is 1.94 bits per heavy atom. The summed E-state index contributed by atoms with van der Waals surface area (Å²) >= 11 is 0. The Hall–Kier alpha value is -3.93. The second kappa shape index (κ2) is 9.47. The van der Waals surface area contributed by atoms with Gasteiger partial charge in [0.05, 0.1) is 17.6 Å². The van der Waals surface area contributed by atoms with Crippen LogP contribution in [0.5, 0.6) is 0 Å². The average molecular weight is 428 g/mol. The standard InChI is InChI=1S/C26H25N3O3/c1-2-19-12-14-20(15-13-19)16-27-24(30)18-29-23-11-7-6-10-22(23)28(25(31)26(29)32)17-21-8-4-3-5-9-21/h3-15H,2,16-18H2,1H3,(H,27,30). The number of nitrogens with one attached hydrogen (secondary N) is 1. The summed E-state index contributed by atoms with van der Waals surface area (Å²) in [4.78, 5) is 38.5. The third kappa shape index (κ3) is 4.54. The van der Waals surface area contributed by atoms with Crippen molar-refractivity contribution in [3.8, 4) is 0 Å². The van der Waals surface area contributed by atoms with Gasteiger partial charge in [0.2, 0.25) is 5.91 Å². The highest BCUT2D eigenvalue weighted by molar-refractivity contribution is 5.80. The van der Waals surface area contributed by atoms with Crippen LogP contribution >= 0.6 is 0 Å². The molecule has 6 heteroatoms. The van der Waals surface area contributed by atoms with Crippen molar-refractivity contribution in [2.45, 2.75) is 33.0 Å². The Labute approximate surface area is 185 Å². The fraction of sp³-hybridized carbons (Fsp3) is 0.192. The van der Waals surface area contributed by atoms with Crippen molar-refractivity contribution in [2.75, 3.05) is 0 Å². The van der Waals surface area contributed by atoms with E-state index in [0.717, 1.165) is 17.5 Å². The number of fused-ring (bicyclic) bond motifs is 1. The number of carbonyl (C=O) groups excluding carboxylic acids is 1. The van der Waals surface area contributed by atoms with Crippen LogP contribution in [0.25, 0.3) is 11.0 Å². The first-order valence-corrected chi connectivity index (χ1v) is 10.7. The number of aryl methyl sites for hydroxylation is 1. The quantitative estimate of drug-likeness (QED) is 0.461. The van der Waals surface area contributed by atoms with Gasteiger partial charge in [0.25, 0.3) is 0 Å². The van der Waals surface area contributed by atoms with Crippen LogP contribution < -0.4 is 16.4 Å². The highest BCUT2D eigenvalue weighted by atomic mass is 16.2. The second-order valence-corrected chi connectivity index (χ2v) is 7.70. The van der Waals surface area contributed by atoms with E-state index >= 15 is 0 Å². The highest BCUT2D eigenvalue weighted by Crippen LogP contribution is 2.12. The monoisotopic (exact) mass is 427 g/mol. The fourth-order valence-electron chi connectivity index (χ4n) is 3.74. The number of nitrogens with zero attached hydrogens (tertiary/aromatic N) is 2. The van der Waals surface area contributed by atoms with Crippen LogP contribution in [0.4, 0.5) is 0 Å². The molecule has 0 saturated heterocycles. The van der Waals surface area contributed by atoms with Crippen LogP contribution in [0.2, 0.25) is 0 Å². The zero-order valence-corrected chi connectivity index (χ0v) is 18.0. The lowest BCUT2D eigenvalue weighted by atomic mass is 10.1. The molecule has 0 saturated carbocycles. The topological polar surface area (TPSA) is 73.1 Å². The number of carbonyl (C=O) groups is 1. The molecule has 0 aliphatic carbocycles. The van der Waals surface area contributed by atoms with Crippen molar-refractivity contribution >= 4 is 16.9 Å². The normalized spacial score (nSPS) is 10.9. The number of hydrogen-bond donors (Lipinski definition) is 1. The molecule has 0 aliphatic rings. The largest absolute Gasteiger partial charge is 0.350 e. The van der Waals surface area contributed by atoms with E-state index in [0.29, 0.717) is 17.6 Å². The zero-order chi connectivity index (χ0) is 22.5. The zero-order valence-electron chi connectivity index (χ0n) is 18.0. The van der Waals surface area contributed by atoms with Crippen molar-refractivity contribution in [3.05, 3.63) is 116 Å². The van der Waals surface area contributed by atoms with Gasteiger partial charge in [0.1, 0.15) is 6.54 Å². The summed E-state index contributed by atoms with van der Waals surface area (Å²) in [5.74, 6) is -0.322. The van der Waals surface area contributed by atoms with Gasteiger partial charge in [0, 0.05) is 6.54 Å². The van der Waals surface area contributed by atoms with Crippen molar-refractivity contribution < 1.29 is 4.79 Å². The molecule has 1 N–H and O–H groups in total. The number of hydrogen-bond acceptors (Lipinski definition) is 3. The molecule has 1 heterocycles. The fourth-order valence-corrected chi connectivity index (χ4v) is 3.74. The molecule has 0 bridgehead atoms. The van der Waals surface area contributed by atoms with E-state index in [9.17, 15) is 14.4 Å². The molecule has 0 radical (unpaired) electrons. The minimum atomic E-state index is -0.706. The van der Waals surface area contributed by atoms with Crippen LogP contribution in [0, 0.1) is 0 Å². The SMILES string of the molecule is CCc1ccc(CNC(=O)Cn2c(=O)c(=O)n(Cc3ccccc3)c3ccccc32)cc1. The van der Waals surface area contributed by atoms with E-state index in [-0.39, 0.29) is 19.0 Å². The molecule has 0 atom stereocenters. The van der Waals surface area contributed by atoms with E-state index in [1.165, 1.54) is 14.7 Å². The second-order valence-electron chi connectivity index (χ2n) is 7.70. The van der Waals surface area contributed by atoms with Crippen LogP contribution in [-0.4, -0.2) is 15.0 Å². The average Bonchev–Trinajstić information content (AvgIpc) is 2.84. The molecule has 1 amide bonds. The molecular formula is C26H25N3O3. The van der Waals surface area contributed by atoms with Gasteiger partial charge in [-0.1, -0.05) is 73.7 Å². The maximum atomic E-state index is 12.9. The Bertz CT molecular complexity index is 1350. The summed E-state index contributed by atoms with van der Waals surface area (Å²) in [6.45, 7) is 2.52. The lowest BCUT2D eigenvalue weighted by Gasteiger charge is -2.15. The van der Waals surface area contributed by atoms with Gasteiger partial charge in [-0.15, -0.1) is 0 Å². The molecule has 32 heavy (non-hydrogen) atoms. The van der Waals surface area contributed by atoms with Gasteiger partial charge < -0.3 is 5.32 Å². The molecule has 0 fully saturated rings. The van der Waals surface area contributed by atoms with Gasteiger partial charge in [0.15, 0.2) is 0 Å². The third-order valence-corrected chi connectivity index (χ3v) is 5.54. The predicted molar refractivity (Wildman–Crippen MR) is 126 cm³/mol. The van der Waals surface area contributed by atoms with Crippen molar-refractivity contribution in [3.63, 3.8) is 0 Å². The molecule has 3 aromatic carbocycles. The molecule has 4 rings (SSSR count). The van der Waals surface area contributed by atoms with E-state index in [4.69, 9.17) is 0 Å². The summed E-state index contributed by atoms with van der Waals surface area (Å²) in [5.41, 5.74) is 2.95. The summed E-state index contributed by atoms with van der Waals surface area (Å²) in [7, 11) is 0. The summed E-state index contributed by atoms with van der Waals surface area (Å²) < 4.78 is 2.73. The summed E-state index contributed by atoms with van der Waals surface area (Å²) in [5, 5.41) is 2.84. The van der Waals surface area contributed by atoms with Crippen LogP contribution in [0.1, 0.15) is 23.6 Å². The molecular weight excluding hydrogens is 402 g/mol. The van der Waals surface area contributed by atoms with Crippen LogP contribution in [0.15, 0.2) is 88.5 Å². The minimum Gasteiger partial charge on any atom is -0.350 e. The molecule has 162 valence electrons. The van der Waals surface area contributed by atoms with E-state index in [1.807, 2.05) is 60.7 Å². The summed E-state index contributed by atoms with van der Waals surface area (Å²) in [6.07, 6.45) is 0.957. The molecule has 0 aliphatic heterocycles. The van der Waals surface area contributed by atoms with Gasteiger partial charge in [-0.25, -0.2) is 0 Å². The molecule has 0 spiro atoms. The Morgan fingerprint density at radius 2 is 1.28 bits per heavy atom. The number of rotatable bonds is 7. The van der Waals surface area contributed by atoms with Crippen LogP contribution in [0.3, 0.4) is 0 Å². The van der Waals surface area contributed by atoms with Gasteiger partial charge in [-0.3, -0.25) is 23.5 Å². The van der Waals surface area contributed by atoms with Gasteiger partial charge in [-0.2, -0.15) is 0 Å².